The van der Waals surface area contributed by atoms with E-state index in [1.54, 1.807) is 12.1 Å². The van der Waals surface area contributed by atoms with Crippen molar-refractivity contribution in [3.05, 3.63) is 40.2 Å². The third kappa shape index (κ3) is 4.90. The molecule has 110 valence electrons. The molecule has 0 saturated carbocycles. The summed E-state index contributed by atoms with van der Waals surface area (Å²) in [5.41, 5.74) is 0. The van der Waals surface area contributed by atoms with Gasteiger partial charge in [-0.15, -0.1) is 0 Å². The second-order valence-corrected chi connectivity index (χ2v) is 7.44. The summed E-state index contributed by atoms with van der Waals surface area (Å²) in [6.07, 6.45) is 0.891. The maximum absolute atomic E-state index is 11.2. The van der Waals surface area contributed by atoms with E-state index < -0.39 is 15.9 Å². The van der Waals surface area contributed by atoms with Gasteiger partial charge in [-0.2, -0.15) is 0 Å². The highest BCUT2D eigenvalue weighted by Crippen LogP contribution is 2.17. The fraction of sp³-hybridized carbons (Fsp3) is 0.385. The molecule has 2 unspecified atom stereocenters. The summed E-state index contributed by atoms with van der Waals surface area (Å²) >= 11 is 3.34. The number of rotatable bonds is 6. The van der Waals surface area contributed by atoms with Crippen LogP contribution >= 0.6 is 15.9 Å². The molecular formula is C13H16BrNO4S. The quantitative estimate of drug-likeness (QED) is 0.793. The summed E-state index contributed by atoms with van der Waals surface area (Å²) in [7, 11) is -3.06. The minimum absolute atomic E-state index is 0.0478. The molecule has 1 aliphatic rings. The van der Waals surface area contributed by atoms with Crippen LogP contribution < -0.4 is 10.1 Å². The first-order valence-electron chi connectivity index (χ1n) is 6.15. The van der Waals surface area contributed by atoms with Crippen molar-refractivity contribution >= 4 is 25.8 Å². The zero-order chi connectivity index (χ0) is 14.6. The molecular weight excluding hydrogens is 346 g/mol. The number of nitrogens with one attached hydrogen (secondary N) is 1. The number of sulfone groups is 1. The topological polar surface area (TPSA) is 75.6 Å². The third-order valence-corrected chi connectivity index (χ3v) is 4.67. The van der Waals surface area contributed by atoms with Crippen LogP contribution in [0.2, 0.25) is 0 Å². The lowest BCUT2D eigenvalue weighted by atomic mass is 10.3. The van der Waals surface area contributed by atoms with E-state index in [0.717, 1.165) is 4.47 Å². The van der Waals surface area contributed by atoms with E-state index in [1.807, 2.05) is 18.2 Å². The van der Waals surface area contributed by atoms with Crippen LogP contribution in [0.5, 0.6) is 5.75 Å². The molecule has 0 fully saturated rings. The monoisotopic (exact) mass is 361 g/mol. The largest absolute Gasteiger partial charge is 0.491 e. The van der Waals surface area contributed by atoms with Gasteiger partial charge in [0.2, 0.25) is 0 Å². The summed E-state index contributed by atoms with van der Waals surface area (Å²) in [5, 5.41) is 14.0. The van der Waals surface area contributed by atoms with E-state index >= 15 is 0 Å². The van der Waals surface area contributed by atoms with Gasteiger partial charge in [0.15, 0.2) is 9.84 Å². The molecule has 5 nitrogen and oxygen atoms in total. The zero-order valence-electron chi connectivity index (χ0n) is 10.7. The summed E-state index contributed by atoms with van der Waals surface area (Å²) in [4.78, 5) is 0. The second kappa shape index (κ2) is 6.71. The van der Waals surface area contributed by atoms with E-state index in [4.69, 9.17) is 4.74 Å². The van der Waals surface area contributed by atoms with E-state index in [9.17, 15) is 13.5 Å². The van der Waals surface area contributed by atoms with Crippen LogP contribution in [0.15, 0.2) is 40.2 Å². The SMILES string of the molecule is O=S1(=O)C=CC(NCC(O)COc2cccc(Br)c2)C1. The van der Waals surface area contributed by atoms with Crippen molar-refractivity contribution in [1.29, 1.82) is 0 Å². The lowest BCUT2D eigenvalue weighted by Crippen LogP contribution is -2.38. The number of hydrogen-bond acceptors (Lipinski definition) is 5. The van der Waals surface area contributed by atoms with Crippen molar-refractivity contribution in [3.8, 4) is 5.75 Å². The Labute approximate surface area is 126 Å². The number of aliphatic hydroxyl groups excluding tert-OH is 1. The predicted molar refractivity (Wildman–Crippen MR) is 80.4 cm³/mol. The fourth-order valence-electron chi connectivity index (χ4n) is 1.80. The first-order chi connectivity index (χ1) is 9.44. The summed E-state index contributed by atoms with van der Waals surface area (Å²) in [5.74, 6) is 0.716. The molecule has 0 aliphatic carbocycles. The molecule has 1 heterocycles. The number of ether oxygens (including phenoxy) is 1. The van der Waals surface area contributed by atoms with Crippen LogP contribution in [0.1, 0.15) is 0 Å². The van der Waals surface area contributed by atoms with Crippen LogP contribution in [-0.2, 0) is 9.84 Å². The summed E-state index contributed by atoms with van der Waals surface area (Å²) in [6, 6.07) is 7.11. The maximum Gasteiger partial charge on any atom is 0.173 e. The standard InChI is InChI=1S/C13H16BrNO4S/c14-10-2-1-3-13(6-10)19-8-12(16)7-15-11-4-5-20(17,18)9-11/h1-6,11-12,15-16H,7-9H2. The molecule has 0 bridgehead atoms. The van der Waals surface area contributed by atoms with E-state index in [0.29, 0.717) is 5.75 Å². The van der Waals surface area contributed by atoms with Gasteiger partial charge in [-0.1, -0.05) is 28.1 Å². The molecule has 0 aromatic heterocycles. The number of halogens is 1. The second-order valence-electron chi connectivity index (χ2n) is 4.60. The van der Waals surface area contributed by atoms with E-state index in [2.05, 4.69) is 21.2 Å². The van der Waals surface area contributed by atoms with Crippen molar-refractivity contribution in [2.45, 2.75) is 12.1 Å². The molecule has 1 aromatic rings. The Balaban J connectivity index is 1.71. The lowest BCUT2D eigenvalue weighted by molar-refractivity contribution is 0.105. The molecule has 2 rings (SSSR count). The van der Waals surface area contributed by atoms with Gasteiger partial charge in [0, 0.05) is 22.5 Å². The van der Waals surface area contributed by atoms with Gasteiger partial charge in [-0.05, 0) is 18.2 Å². The fourth-order valence-corrected chi connectivity index (χ4v) is 3.45. The Morgan fingerprint density at radius 2 is 2.30 bits per heavy atom. The van der Waals surface area contributed by atoms with Gasteiger partial charge >= 0.3 is 0 Å². The van der Waals surface area contributed by atoms with Gasteiger partial charge in [-0.25, -0.2) is 8.42 Å². The van der Waals surface area contributed by atoms with Crippen LogP contribution in [0.25, 0.3) is 0 Å². The first-order valence-corrected chi connectivity index (χ1v) is 8.66. The highest BCUT2D eigenvalue weighted by molar-refractivity contribution is 9.10. The Morgan fingerprint density at radius 3 is 2.95 bits per heavy atom. The van der Waals surface area contributed by atoms with Crippen molar-refractivity contribution in [2.75, 3.05) is 18.9 Å². The van der Waals surface area contributed by atoms with Gasteiger partial charge in [0.25, 0.3) is 0 Å². The Hall–Kier alpha value is -0.890. The van der Waals surface area contributed by atoms with Gasteiger partial charge in [0.1, 0.15) is 18.5 Å². The number of aliphatic hydroxyl groups is 1. The van der Waals surface area contributed by atoms with Crippen molar-refractivity contribution in [3.63, 3.8) is 0 Å². The average Bonchev–Trinajstić information content (AvgIpc) is 2.74. The molecule has 0 amide bonds. The average molecular weight is 362 g/mol. The molecule has 20 heavy (non-hydrogen) atoms. The van der Waals surface area contributed by atoms with Crippen molar-refractivity contribution in [1.82, 2.24) is 5.32 Å². The van der Waals surface area contributed by atoms with Gasteiger partial charge in [0.05, 0.1) is 5.75 Å². The molecule has 7 heteroatoms. The van der Waals surface area contributed by atoms with E-state index in [-0.39, 0.29) is 24.9 Å². The zero-order valence-corrected chi connectivity index (χ0v) is 13.1. The van der Waals surface area contributed by atoms with Crippen molar-refractivity contribution < 1.29 is 18.3 Å². The van der Waals surface area contributed by atoms with Crippen LogP contribution in [-0.4, -0.2) is 44.6 Å². The Kier molecular flexibility index (Phi) is 5.20. The van der Waals surface area contributed by atoms with Crippen LogP contribution in [0, 0.1) is 0 Å². The Bertz CT molecular complexity index is 588. The van der Waals surface area contributed by atoms with Crippen LogP contribution in [0.4, 0.5) is 0 Å². The minimum atomic E-state index is -3.06. The Morgan fingerprint density at radius 1 is 1.50 bits per heavy atom. The molecule has 0 saturated heterocycles. The molecule has 1 aromatic carbocycles. The smallest absolute Gasteiger partial charge is 0.173 e. The molecule has 2 N–H and O–H groups in total. The lowest BCUT2D eigenvalue weighted by Gasteiger charge is -2.15. The molecule has 0 radical (unpaired) electrons. The number of benzene rings is 1. The van der Waals surface area contributed by atoms with Crippen LogP contribution in [0.3, 0.4) is 0 Å². The molecule has 1 aliphatic heterocycles. The first kappa shape index (κ1) is 15.5. The highest BCUT2D eigenvalue weighted by Gasteiger charge is 2.21. The maximum atomic E-state index is 11.2. The van der Waals surface area contributed by atoms with E-state index in [1.165, 1.54) is 5.41 Å². The molecule has 2 atom stereocenters. The highest BCUT2D eigenvalue weighted by atomic mass is 79.9. The van der Waals surface area contributed by atoms with Crippen molar-refractivity contribution in [2.24, 2.45) is 0 Å². The normalized spacial score (nSPS) is 21.8. The number of hydrogen-bond donors (Lipinski definition) is 2. The summed E-state index contributed by atoms with van der Waals surface area (Å²) in [6.45, 7) is 0.422. The minimum Gasteiger partial charge on any atom is -0.491 e. The van der Waals surface area contributed by atoms with Gasteiger partial charge < -0.3 is 15.2 Å². The molecule has 0 spiro atoms. The summed E-state index contributed by atoms with van der Waals surface area (Å²) < 4.78 is 28.8. The predicted octanol–water partition coefficient (Wildman–Crippen LogP) is 1.09. The third-order valence-electron chi connectivity index (χ3n) is 2.78. The van der Waals surface area contributed by atoms with Gasteiger partial charge in [-0.3, -0.25) is 0 Å².